The number of aromatic nitrogens is 3. The van der Waals surface area contributed by atoms with Crippen LogP contribution in [0.1, 0.15) is 40.9 Å². The van der Waals surface area contributed by atoms with Gasteiger partial charge in [-0.2, -0.15) is 5.10 Å². The van der Waals surface area contributed by atoms with Gasteiger partial charge in [-0.15, -0.1) is 0 Å². The van der Waals surface area contributed by atoms with Crippen LogP contribution in [0.4, 0.5) is 5.69 Å². The molecule has 0 radical (unpaired) electrons. The quantitative estimate of drug-likeness (QED) is 0.892. The molecule has 1 N–H and O–H groups in total. The predicted octanol–water partition coefficient (Wildman–Crippen LogP) is 1.45. The van der Waals surface area contributed by atoms with Crippen LogP contribution < -0.4 is 9.64 Å². The molecule has 1 atom stereocenters. The van der Waals surface area contributed by atoms with E-state index in [0.717, 1.165) is 18.7 Å². The van der Waals surface area contributed by atoms with Crippen molar-refractivity contribution < 1.29 is 14.3 Å². The Morgan fingerprint density at radius 1 is 1.40 bits per heavy atom. The Morgan fingerprint density at radius 3 is 3.00 bits per heavy atom. The molecule has 8 heteroatoms. The number of ether oxygens (including phenoxy) is 1. The first-order valence-corrected chi connectivity index (χ1v) is 8.28. The molecular formula is C17H19N5O3. The summed E-state index contributed by atoms with van der Waals surface area (Å²) in [7, 11) is 1.69. The third kappa shape index (κ3) is 2.63. The Labute approximate surface area is 144 Å². The number of hydrogen-bond donors (Lipinski definition) is 1. The van der Waals surface area contributed by atoms with Gasteiger partial charge in [-0.1, -0.05) is 0 Å². The summed E-state index contributed by atoms with van der Waals surface area (Å²) in [6.45, 7) is 2.53. The highest BCUT2D eigenvalue weighted by atomic mass is 16.5. The van der Waals surface area contributed by atoms with E-state index < -0.39 is 0 Å². The zero-order valence-corrected chi connectivity index (χ0v) is 14.2. The lowest BCUT2D eigenvalue weighted by molar-refractivity contribution is -0.120. The Morgan fingerprint density at radius 2 is 2.24 bits per heavy atom. The molecule has 0 aliphatic carbocycles. The molecule has 4 rings (SSSR count). The topological polar surface area (TPSA) is 91.4 Å². The van der Waals surface area contributed by atoms with Crippen molar-refractivity contribution in [2.24, 2.45) is 0 Å². The van der Waals surface area contributed by atoms with Crippen molar-refractivity contribution in [1.29, 1.82) is 0 Å². The lowest BCUT2D eigenvalue weighted by atomic mass is 10.1. The first kappa shape index (κ1) is 15.6. The van der Waals surface area contributed by atoms with Gasteiger partial charge in [-0.3, -0.25) is 14.7 Å². The van der Waals surface area contributed by atoms with E-state index in [-0.39, 0.29) is 24.5 Å². The maximum absolute atomic E-state index is 13.0. The number of H-pyrrole nitrogens is 1. The molecule has 2 aliphatic heterocycles. The molecule has 1 aromatic carbocycles. The number of aromatic amines is 1. The Bertz CT molecular complexity index is 847. The number of carbonyl (C=O) groups is 2. The lowest BCUT2D eigenvalue weighted by Gasteiger charge is -2.27. The summed E-state index contributed by atoms with van der Waals surface area (Å²) in [5, 5.41) is 7.05. The number of fused-ring (bicyclic) bond motifs is 1. The first-order chi connectivity index (χ1) is 12.0. The number of likely N-dealkylation sites (tertiary alicyclic amines) is 1. The second-order valence-electron chi connectivity index (χ2n) is 6.36. The maximum atomic E-state index is 13.0. The molecule has 0 unspecified atom stereocenters. The Balaban J connectivity index is 1.63. The van der Waals surface area contributed by atoms with E-state index in [4.69, 9.17) is 4.74 Å². The number of benzene rings is 1. The summed E-state index contributed by atoms with van der Waals surface area (Å²) in [6, 6.07) is 5.08. The van der Waals surface area contributed by atoms with E-state index in [9.17, 15) is 9.59 Å². The van der Waals surface area contributed by atoms with Gasteiger partial charge in [0, 0.05) is 19.2 Å². The van der Waals surface area contributed by atoms with Gasteiger partial charge < -0.3 is 14.5 Å². The second-order valence-corrected chi connectivity index (χ2v) is 6.36. The summed E-state index contributed by atoms with van der Waals surface area (Å²) in [5.74, 6) is 1.78. The van der Waals surface area contributed by atoms with Crippen molar-refractivity contribution in [3.05, 3.63) is 35.4 Å². The van der Waals surface area contributed by atoms with Crippen molar-refractivity contribution in [3.8, 4) is 5.75 Å². The minimum Gasteiger partial charge on any atom is -0.482 e. The van der Waals surface area contributed by atoms with Gasteiger partial charge in [0.25, 0.3) is 11.8 Å². The van der Waals surface area contributed by atoms with Crippen LogP contribution in [0.2, 0.25) is 0 Å². The highest BCUT2D eigenvalue weighted by molar-refractivity contribution is 6.01. The number of hydrogen-bond acceptors (Lipinski definition) is 5. The molecule has 2 amide bonds. The molecule has 8 nitrogen and oxygen atoms in total. The van der Waals surface area contributed by atoms with Gasteiger partial charge in [-0.05, 0) is 38.0 Å². The lowest BCUT2D eigenvalue weighted by Crippen LogP contribution is -2.36. The Kier molecular flexibility index (Phi) is 3.67. The van der Waals surface area contributed by atoms with Crippen LogP contribution in [0.15, 0.2) is 18.2 Å². The fraction of sp³-hybridized carbons (Fsp3) is 0.412. The van der Waals surface area contributed by atoms with Crippen molar-refractivity contribution in [2.45, 2.75) is 25.8 Å². The van der Waals surface area contributed by atoms with Crippen LogP contribution in [-0.4, -0.2) is 52.1 Å². The molecule has 1 fully saturated rings. The fourth-order valence-corrected chi connectivity index (χ4v) is 3.36. The van der Waals surface area contributed by atoms with Gasteiger partial charge in [-0.25, -0.2) is 4.98 Å². The first-order valence-electron chi connectivity index (χ1n) is 8.28. The number of aryl methyl sites for hydroxylation is 1. The van der Waals surface area contributed by atoms with Gasteiger partial charge >= 0.3 is 0 Å². The van der Waals surface area contributed by atoms with E-state index >= 15 is 0 Å². The molecule has 0 bridgehead atoms. The molecule has 2 aliphatic rings. The molecule has 0 saturated carbocycles. The predicted molar refractivity (Wildman–Crippen MR) is 89.5 cm³/mol. The summed E-state index contributed by atoms with van der Waals surface area (Å²) in [4.78, 5) is 32.5. The van der Waals surface area contributed by atoms with Gasteiger partial charge in [0.1, 0.15) is 11.6 Å². The minimum atomic E-state index is -0.132. The van der Waals surface area contributed by atoms with Crippen molar-refractivity contribution >= 4 is 17.5 Å². The normalized spacial score (nSPS) is 19.8. The Hall–Kier alpha value is -2.90. The van der Waals surface area contributed by atoms with Gasteiger partial charge in [0.2, 0.25) is 0 Å². The zero-order valence-electron chi connectivity index (χ0n) is 14.2. The van der Waals surface area contributed by atoms with E-state index in [2.05, 4.69) is 15.2 Å². The number of amides is 2. The summed E-state index contributed by atoms with van der Waals surface area (Å²) >= 11 is 0. The average molecular weight is 341 g/mol. The van der Waals surface area contributed by atoms with E-state index in [1.807, 2.05) is 6.92 Å². The molecular weight excluding hydrogens is 322 g/mol. The van der Waals surface area contributed by atoms with E-state index in [0.29, 0.717) is 29.4 Å². The molecule has 2 aromatic rings. The van der Waals surface area contributed by atoms with Crippen LogP contribution in [-0.2, 0) is 4.79 Å². The van der Waals surface area contributed by atoms with Crippen LogP contribution in [0, 0.1) is 6.92 Å². The number of rotatable bonds is 2. The zero-order chi connectivity index (χ0) is 17.6. The number of anilines is 1. The van der Waals surface area contributed by atoms with Crippen molar-refractivity contribution in [3.63, 3.8) is 0 Å². The number of carbonyl (C=O) groups excluding carboxylic acids is 2. The summed E-state index contributed by atoms with van der Waals surface area (Å²) in [6.07, 6.45) is 1.76. The molecule has 0 spiro atoms. The number of likely N-dealkylation sites (N-methyl/N-ethyl adjacent to an activating group) is 1. The van der Waals surface area contributed by atoms with Crippen molar-refractivity contribution in [1.82, 2.24) is 20.1 Å². The van der Waals surface area contributed by atoms with Crippen LogP contribution >= 0.6 is 0 Å². The third-order valence-corrected chi connectivity index (χ3v) is 4.72. The van der Waals surface area contributed by atoms with Crippen LogP contribution in [0.5, 0.6) is 5.75 Å². The molecule has 130 valence electrons. The standard InChI is InChI=1S/C17H19N5O3/c1-10-18-16(20-19-10)12-4-3-7-22(12)17(24)11-5-6-14-13(8-11)21(2)15(23)9-25-14/h5-6,8,12H,3-4,7,9H2,1-2H3,(H,18,19,20)/t12-/m1/s1. The molecule has 25 heavy (non-hydrogen) atoms. The number of nitrogens with one attached hydrogen (secondary N) is 1. The smallest absolute Gasteiger partial charge is 0.264 e. The maximum Gasteiger partial charge on any atom is 0.264 e. The van der Waals surface area contributed by atoms with Crippen LogP contribution in [0.3, 0.4) is 0 Å². The van der Waals surface area contributed by atoms with E-state index in [1.54, 1.807) is 30.1 Å². The van der Waals surface area contributed by atoms with Gasteiger partial charge in [0.05, 0.1) is 11.7 Å². The highest BCUT2D eigenvalue weighted by Gasteiger charge is 2.34. The largest absolute Gasteiger partial charge is 0.482 e. The molecule has 3 heterocycles. The monoisotopic (exact) mass is 341 g/mol. The molecule has 1 aromatic heterocycles. The summed E-state index contributed by atoms with van der Waals surface area (Å²) < 4.78 is 5.42. The SMILES string of the molecule is Cc1nc([C@H]2CCCN2C(=O)c2ccc3c(c2)N(C)C(=O)CO3)n[nH]1. The number of nitrogens with zero attached hydrogens (tertiary/aromatic N) is 4. The fourth-order valence-electron chi connectivity index (χ4n) is 3.36. The molecule has 1 saturated heterocycles. The summed E-state index contributed by atoms with van der Waals surface area (Å²) in [5.41, 5.74) is 1.15. The van der Waals surface area contributed by atoms with Gasteiger partial charge in [0.15, 0.2) is 12.4 Å². The van der Waals surface area contributed by atoms with Crippen molar-refractivity contribution in [2.75, 3.05) is 25.1 Å². The second kappa shape index (κ2) is 5.87. The minimum absolute atomic E-state index is 0.0230. The third-order valence-electron chi connectivity index (χ3n) is 4.72. The van der Waals surface area contributed by atoms with E-state index in [1.165, 1.54) is 4.90 Å². The average Bonchev–Trinajstić information content (AvgIpc) is 3.26. The van der Waals surface area contributed by atoms with Crippen LogP contribution in [0.25, 0.3) is 0 Å². The highest BCUT2D eigenvalue weighted by Crippen LogP contribution is 2.35.